The van der Waals surface area contributed by atoms with Gasteiger partial charge in [-0.15, -0.1) is 0 Å². The fraction of sp³-hybridized carbons (Fsp3) is 0.545. The Bertz CT molecular complexity index is 374. The third kappa shape index (κ3) is 1.67. The van der Waals surface area contributed by atoms with Crippen LogP contribution >= 0.6 is 0 Å². The number of rotatable bonds is 1. The Hall–Kier alpha value is -1.05. The summed E-state index contributed by atoms with van der Waals surface area (Å²) in [4.78, 5) is 11.5. The minimum atomic E-state index is 0.113. The van der Waals surface area contributed by atoms with Gasteiger partial charge in [0, 0.05) is 18.3 Å². The largest absolute Gasteiger partial charge is 0.316 e. The first-order valence-corrected chi connectivity index (χ1v) is 4.62. The SMILES string of the molecule is Cc1cc(C(C)C)c(C)n(C)c1=O. The van der Waals surface area contributed by atoms with E-state index in [1.165, 1.54) is 5.56 Å². The van der Waals surface area contributed by atoms with Crippen molar-refractivity contribution in [2.75, 3.05) is 0 Å². The van der Waals surface area contributed by atoms with Gasteiger partial charge in [-0.1, -0.05) is 13.8 Å². The van der Waals surface area contributed by atoms with E-state index in [-0.39, 0.29) is 5.56 Å². The van der Waals surface area contributed by atoms with Gasteiger partial charge < -0.3 is 4.57 Å². The third-order valence-electron chi connectivity index (χ3n) is 2.56. The molecule has 72 valence electrons. The van der Waals surface area contributed by atoms with Crippen molar-refractivity contribution >= 4 is 0 Å². The molecule has 2 heteroatoms. The molecule has 0 amide bonds. The molecule has 1 aromatic heterocycles. The number of hydrogen-bond acceptors (Lipinski definition) is 1. The van der Waals surface area contributed by atoms with E-state index in [2.05, 4.69) is 13.8 Å². The molecule has 0 unspecified atom stereocenters. The van der Waals surface area contributed by atoms with Gasteiger partial charge in [-0.05, 0) is 31.4 Å². The molecular weight excluding hydrogens is 162 g/mol. The molecule has 0 aliphatic heterocycles. The Morgan fingerprint density at radius 3 is 2.31 bits per heavy atom. The molecule has 0 aromatic carbocycles. The lowest BCUT2D eigenvalue weighted by Gasteiger charge is -2.14. The average molecular weight is 179 g/mol. The van der Waals surface area contributed by atoms with Crippen LogP contribution in [0.1, 0.15) is 36.6 Å². The van der Waals surface area contributed by atoms with Gasteiger partial charge in [0.2, 0.25) is 0 Å². The maximum Gasteiger partial charge on any atom is 0.253 e. The van der Waals surface area contributed by atoms with E-state index in [4.69, 9.17) is 0 Å². The van der Waals surface area contributed by atoms with Crippen molar-refractivity contribution in [3.8, 4) is 0 Å². The first-order chi connectivity index (χ1) is 5.95. The van der Waals surface area contributed by atoms with E-state index in [1.54, 1.807) is 4.57 Å². The monoisotopic (exact) mass is 179 g/mol. The summed E-state index contributed by atoms with van der Waals surface area (Å²) < 4.78 is 1.73. The smallest absolute Gasteiger partial charge is 0.253 e. The van der Waals surface area contributed by atoms with Crippen LogP contribution < -0.4 is 5.56 Å². The molecule has 0 fully saturated rings. The van der Waals surface area contributed by atoms with Gasteiger partial charge in [-0.25, -0.2) is 0 Å². The van der Waals surface area contributed by atoms with Crippen LogP contribution in [0.2, 0.25) is 0 Å². The zero-order valence-electron chi connectivity index (χ0n) is 9.01. The molecular formula is C11H17NO. The molecule has 1 rings (SSSR count). The van der Waals surface area contributed by atoms with Gasteiger partial charge in [0.25, 0.3) is 5.56 Å². The average Bonchev–Trinajstić information content (AvgIpc) is 2.07. The standard InChI is InChI=1S/C11H17NO/c1-7(2)10-6-8(3)11(13)12(5)9(10)4/h6-7H,1-5H3. The molecule has 1 aromatic rings. The summed E-state index contributed by atoms with van der Waals surface area (Å²) in [6.45, 7) is 8.16. The Balaban J connectivity index is 3.50. The van der Waals surface area contributed by atoms with Gasteiger partial charge in [-0.2, -0.15) is 0 Å². The minimum Gasteiger partial charge on any atom is -0.316 e. The third-order valence-corrected chi connectivity index (χ3v) is 2.56. The van der Waals surface area contributed by atoms with Gasteiger partial charge in [0.05, 0.1) is 0 Å². The zero-order chi connectivity index (χ0) is 10.2. The zero-order valence-corrected chi connectivity index (χ0v) is 9.01. The number of aromatic nitrogens is 1. The second kappa shape index (κ2) is 3.36. The van der Waals surface area contributed by atoms with Gasteiger partial charge >= 0.3 is 0 Å². The van der Waals surface area contributed by atoms with Crippen LogP contribution in [-0.2, 0) is 7.05 Å². The fourth-order valence-corrected chi connectivity index (χ4v) is 1.59. The highest BCUT2D eigenvalue weighted by Gasteiger charge is 2.08. The number of nitrogens with zero attached hydrogens (tertiary/aromatic N) is 1. The molecule has 2 nitrogen and oxygen atoms in total. The van der Waals surface area contributed by atoms with E-state index in [1.807, 2.05) is 27.0 Å². The highest BCUT2D eigenvalue weighted by atomic mass is 16.1. The van der Waals surface area contributed by atoms with Crippen LogP contribution in [0, 0.1) is 13.8 Å². The Kier molecular flexibility index (Phi) is 2.60. The van der Waals surface area contributed by atoms with Crippen LogP contribution in [0.15, 0.2) is 10.9 Å². The number of hydrogen-bond donors (Lipinski definition) is 0. The first kappa shape index (κ1) is 10.0. The molecule has 13 heavy (non-hydrogen) atoms. The Morgan fingerprint density at radius 2 is 1.85 bits per heavy atom. The maximum absolute atomic E-state index is 11.5. The van der Waals surface area contributed by atoms with Crippen LogP contribution in [0.5, 0.6) is 0 Å². The minimum absolute atomic E-state index is 0.113. The van der Waals surface area contributed by atoms with Crippen molar-refractivity contribution in [2.24, 2.45) is 7.05 Å². The topological polar surface area (TPSA) is 22.0 Å². The molecule has 0 N–H and O–H groups in total. The Morgan fingerprint density at radius 1 is 1.31 bits per heavy atom. The number of aryl methyl sites for hydroxylation is 1. The first-order valence-electron chi connectivity index (χ1n) is 4.62. The molecule has 0 aliphatic rings. The maximum atomic E-state index is 11.5. The predicted octanol–water partition coefficient (Wildman–Crippen LogP) is 2.13. The van der Waals surface area contributed by atoms with Crippen molar-refractivity contribution in [3.05, 3.63) is 33.2 Å². The van der Waals surface area contributed by atoms with E-state index < -0.39 is 0 Å². The molecule has 0 saturated heterocycles. The summed E-state index contributed by atoms with van der Waals surface area (Å²) in [5.74, 6) is 0.477. The van der Waals surface area contributed by atoms with E-state index >= 15 is 0 Å². The summed E-state index contributed by atoms with van der Waals surface area (Å²) in [5.41, 5.74) is 3.28. The van der Waals surface area contributed by atoms with Crippen LogP contribution in [0.4, 0.5) is 0 Å². The van der Waals surface area contributed by atoms with Crippen LogP contribution in [0.25, 0.3) is 0 Å². The van der Waals surface area contributed by atoms with Gasteiger partial charge in [0.15, 0.2) is 0 Å². The van der Waals surface area contributed by atoms with Crippen molar-refractivity contribution in [3.63, 3.8) is 0 Å². The van der Waals surface area contributed by atoms with Crippen LogP contribution in [-0.4, -0.2) is 4.57 Å². The van der Waals surface area contributed by atoms with Crippen LogP contribution in [0.3, 0.4) is 0 Å². The summed E-state index contributed by atoms with van der Waals surface area (Å²) >= 11 is 0. The summed E-state index contributed by atoms with van der Waals surface area (Å²) in [6.07, 6.45) is 0. The van der Waals surface area contributed by atoms with Crippen molar-refractivity contribution < 1.29 is 0 Å². The lowest BCUT2D eigenvalue weighted by atomic mass is 10.00. The lowest BCUT2D eigenvalue weighted by molar-refractivity contribution is 0.751. The number of pyridine rings is 1. The lowest BCUT2D eigenvalue weighted by Crippen LogP contribution is -2.22. The normalized spacial score (nSPS) is 10.9. The highest BCUT2D eigenvalue weighted by molar-refractivity contribution is 5.27. The molecule has 0 radical (unpaired) electrons. The van der Waals surface area contributed by atoms with Crippen molar-refractivity contribution in [1.82, 2.24) is 4.57 Å². The molecule has 0 atom stereocenters. The molecule has 1 heterocycles. The quantitative estimate of drug-likeness (QED) is 0.647. The van der Waals surface area contributed by atoms with Gasteiger partial charge in [0.1, 0.15) is 0 Å². The summed E-state index contributed by atoms with van der Waals surface area (Å²) in [5, 5.41) is 0. The second-order valence-electron chi connectivity index (χ2n) is 3.89. The summed E-state index contributed by atoms with van der Waals surface area (Å²) in [7, 11) is 1.83. The fourth-order valence-electron chi connectivity index (χ4n) is 1.59. The Labute approximate surface area is 79.2 Å². The molecule has 0 spiro atoms. The van der Waals surface area contributed by atoms with E-state index in [0.29, 0.717) is 5.92 Å². The van der Waals surface area contributed by atoms with E-state index in [0.717, 1.165) is 11.3 Å². The summed E-state index contributed by atoms with van der Waals surface area (Å²) in [6, 6.07) is 2.00. The van der Waals surface area contributed by atoms with Gasteiger partial charge in [-0.3, -0.25) is 4.79 Å². The molecule has 0 saturated carbocycles. The predicted molar refractivity (Wildman–Crippen MR) is 55.2 cm³/mol. The molecule has 0 aliphatic carbocycles. The molecule has 0 bridgehead atoms. The highest BCUT2D eigenvalue weighted by Crippen LogP contribution is 2.17. The van der Waals surface area contributed by atoms with Crippen molar-refractivity contribution in [2.45, 2.75) is 33.6 Å². The second-order valence-corrected chi connectivity index (χ2v) is 3.89. The van der Waals surface area contributed by atoms with E-state index in [9.17, 15) is 4.79 Å². The van der Waals surface area contributed by atoms with Crippen molar-refractivity contribution in [1.29, 1.82) is 0 Å².